The van der Waals surface area contributed by atoms with Crippen LogP contribution in [0.25, 0.3) is 0 Å². The van der Waals surface area contributed by atoms with Gasteiger partial charge in [-0.05, 0) is 49.2 Å². The van der Waals surface area contributed by atoms with Crippen molar-refractivity contribution >= 4 is 34.7 Å². The number of thiophene rings is 1. The molecule has 132 valence electrons. The first-order valence-corrected chi connectivity index (χ1v) is 8.95. The van der Waals surface area contributed by atoms with E-state index in [4.69, 9.17) is 4.74 Å². The number of amides is 1. The lowest BCUT2D eigenvalue weighted by Gasteiger charge is -2.06. The zero-order chi connectivity index (χ0) is 18.4. The molecule has 0 aliphatic carbocycles. The molecular weight excluding hydrogens is 338 g/mol. The van der Waals surface area contributed by atoms with Gasteiger partial charge in [-0.3, -0.25) is 9.59 Å². The number of carbonyl (C=O) groups is 3. The van der Waals surface area contributed by atoms with Gasteiger partial charge >= 0.3 is 5.97 Å². The van der Waals surface area contributed by atoms with Gasteiger partial charge < -0.3 is 10.1 Å². The predicted octanol–water partition coefficient (Wildman–Crippen LogP) is 4.01. The van der Waals surface area contributed by atoms with Crippen molar-refractivity contribution in [3.63, 3.8) is 0 Å². The fraction of sp³-hybridized carbons (Fsp3) is 0.316. The Bertz CT molecular complexity index is 777. The van der Waals surface area contributed by atoms with Crippen molar-refractivity contribution in [2.45, 2.75) is 33.6 Å². The monoisotopic (exact) mass is 359 g/mol. The average Bonchev–Trinajstić information content (AvgIpc) is 3.00. The van der Waals surface area contributed by atoms with Gasteiger partial charge in [-0.25, -0.2) is 4.79 Å². The normalized spacial score (nSPS) is 10.4. The van der Waals surface area contributed by atoms with E-state index < -0.39 is 5.97 Å². The summed E-state index contributed by atoms with van der Waals surface area (Å²) in [5, 5.41) is 2.71. The van der Waals surface area contributed by atoms with Crippen molar-refractivity contribution in [1.82, 2.24) is 0 Å². The second-order valence-electron chi connectivity index (χ2n) is 5.52. The summed E-state index contributed by atoms with van der Waals surface area (Å²) in [6, 6.07) is 8.33. The maximum atomic E-state index is 12.1. The number of ether oxygens (including phenoxy) is 1. The highest BCUT2D eigenvalue weighted by molar-refractivity contribution is 7.14. The first-order chi connectivity index (χ1) is 11.9. The van der Waals surface area contributed by atoms with Crippen LogP contribution >= 0.6 is 11.3 Å². The van der Waals surface area contributed by atoms with E-state index in [0.29, 0.717) is 22.5 Å². The lowest BCUT2D eigenvalue weighted by atomic mass is 10.1. The van der Waals surface area contributed by atoms with E-state index >= 15 is 0 Å². The number of nitrogens with one attached hydrogen (secondary N) is 1. The van der Waals surface area contributed by atoms with Gasteiger partial charge in [0.2, 0.25) is 5.91 Å². The zero-order valence-electron chi connectivity index (χ0n) is 14.5. The molecule has 1 heterocycles. The van der Waals surface area contributed by atoms with Crippen molar-refractivity contribution in [2.75, 3.05) is 11.9 Å². The van der Waals surface area contributed by atoms with Crippen LogP contribution in [0.4, 0.5) is 5.69 Å². The van der Waals surface area contributed by atoms with E-state index in [-0.39, 0.29) is 18.3 Å². The van der Waals surface area contributed by atoms with E-state index in [9.17, 15) is 14.4 Å². The molecule has 0 aliphatic heterocycles. The van der Waals surface area contributed by atoms with Crippen LogP contribution in [-0.4, -0.2) is 24.3 Å². The van der Waals surface area contributed by atoms with E-state index in [1.807, 2.05) is 19.9 Å². The fourth-order valence-electron chi connectivity index (χ4n) is 2.25. The molecule has 5 nitrogen and oxygen atoms in total. The molecule has 1 aromatic heterocycles. The van der Waals surface area contributed by atoms with E-state index in [1.54, 1.807) is 31.2 Å². The van der Waals surface area contributed by atoms with E-state index in [0.717, 1.165) is 16.9 Å². The summed E-state index contributed by atoms with van der Waals surface area (Å²) in [7, 11) is 0. The highest BCUT2D eigenvalue weighted by Gasteiger charge is 2.15. The van der Waals surface area contributed by atoms with Gasteiger partial charge in [0.25, 0.3) is 0 Å². The second-order valence-corrected chi connectivity index (χ2v) is 6.78. The van der Waals surface area contributed by atoms with E-state index in [1.165, 1.54) is 11.3 Å². The average molecular weight is 359 g/mol. The molecule has 0 aliphatic rings. The lowest BCUT2D eigenvalue weighted by molar-refractivity contribution is -0.115. The standard InChI is InChI=1S/C19H21NO4S/c1-4-13-10-17(25-12(13)3)19(23)24-11-16(21)14-6-8-15(9-7-14)20-18(22)5-2/h6-10H,4-5,11H2,1-3H3,(H,20,22). The number of hydrogen-bond donors (Lipinski definition) is 1. The molecule has 1 N–H and O–H groups in total. The Balaban J connectivity index is 1.93. The quantitative estimate of drug-likeness (QED) is 0.599. The van der Waals surface area contributed by atoms with Crippen molar-refractivity contribution in [2.24, 2.45) is 0 Å². The third-order valence-corrected chi connectivity index (χ3v) is 4.82. The summed E-state index contributed by atoms with van der Waals surface area (Å²) >= 11 is 1.38. The van der Waals surface area contributed by atoms with Crippen molar-refractivity contribution in [1.29, 1.82) is 0 Å². The number of ketones is 1. The molecule has 25 heavy (non-hydrogen) atoms. The number of Topliss-reactive ketones (excluding diaryl/α,β-unsaturated/α-hetero) is 1. The van der Waals surface area contributed by atoms with Crippen LogP contribution < -0.4 is 5.32 Å². The number of rotatable bonds is 7. The minimum atomic E-state index is -0.479. The summed E-state index contributed by atoms with van der Waals surface area (Å²) < 4.78 is 5.12. The van der Waals surface area contributed by atoms with Crippen LogP contribution in [0, 0.1) is 6.92 Å². The van der Waals surface area contributed by atoms with Crippen LogP contribution in [0.3, 0.4) is 0 Å². The highest BCUT2D eigenvalue weighted by atomic mass is 32.1. The Labute approximate surface area is 151 Å². The fourth-order valence-corrected chi connectivity index (χ4v) is 3.25. The maximum Gasteiger partial charge on any atom is 0.348 e. The van der Waals surface area contributed by atoms with Gasteiger partial charge in [0, 0.05) is 22.5 Å². The first-order valence-electron chi connectivity index (χ1n) is 8.14. The van der Waals surface area contributed by atoms with Crippen LogP contribution in [0.2, 0.25) is 0 Å². The Morgan fingerprint density at radius 1 is 1.12 bits per heavy atom. The maximum absolute atomic E-state index is 12.1. The van der Waals surface area contributed by atoms with Crippen LogP contribution in [0.5, 0.6) is 0 Å². The largest absolute Gasteiger partial charge is 0.453 e. The zero-order valence-corrected chi connectivity index (χ0v) is 15.4. The third-order valence-electron chi connectivity index (χ3n) is 3.75. The summed E-state index contributed by atoms with van der Waals surface area (Å²) in [6.07, 6.45) is 1.24. The molecule has 0 bridgehead atoms. The minimum absolute atomic E-state index is 0.0919. The molecule has 0 atom stereocenters. The lowest BCUT2D eigenvalue weighted by Crippen LogP contribution is -2.14. The van der Waals surface area contributed by atoms with Crippen molar-refractivity contribution < 1.29 is 19.1 Å². The minimum Gasteiger partial charge on any atom is -0.453 e. The van der Waals surface area contributed by atoms with Crippen molar-refractivity contribution in [3.05, 3.63) is 51.2 Å². The summed E-state index contributed by atoms with van der Waals surface area (Å²) in [4.78, 5) is 37.1. The van der Waals surface area contributed by atoms with Crippen LogP contribution in [0.1, 0.15) is 50.7 Å². The summed E-state index contributed by atoms with van der Waals surface area (Å²) in [5.74, 6) is -0.857. The molecule has 0 fully saturated rings. The number of anilines is 1. The summed E-state index contributed by atoms with van der Waals surface area (Å²) in [6.45, 7) is 5.45. The van der Waals surface area contributed by atoms with Crippen LogP contribution in [0.15, 0.2) is 30.3 Å². The number of aryl methyl sites for hydroxylation is 2. The smallest absolute Gasteiger partial charge is 0.348 e. The molecule has 0 unspecified atom stereocenters. The first kappa shape index (κ1) is 18.9. The SMILES string of the molecule is CCC(=O)Nc1ccc(C(=O)COC(=O)c2cc(CC)c(C)s2)cc1. The highest BCUT2D eigenvalue weighted by Crippen LogP contribution is 2.22. The third kappa shape index (κ3) is 5.00. The Morgan fingerprint density at radius 3 is 2.36 bits per heavy atom. The second kappa shape index (κ2) is 8.58. The molecule has 1 aromatic carbocycles. The van der Waals surface area contributed by atoms with Crippen molar-refractivity contribution in [3.8, 4) is 0 Å². The Hall–Kier alpha value is -2.47. The number of esters is 1. The number of benzene rings is 1. The van der Waals surface area contributed by atoms with Crippen LogP contribution in [-0.2, 0) is 16.0 Å². The van der Waals surface area contributed by atoms with Gasteiger partial charge in [0.15, 0.2) is 12.4 Å². The molecule has 6 heteroatoms. The topological polar surface area (TPSA) is 72.5 Å². The molecule has 0 radical (unpaired) electrons. The molecule has 0 saturated heterocycles. The molecule has 2 aromatic rings. The molecule has 0 saturated carbocycles. The van der Waals surface area contributed by atoms with Gasteiger partial charge in [-0.15, -0.1) is 11.3 Å². The number of hydrogen-bond acceptors (Lipinski definition) is 5. The predicted molar refractivity (Wildman–Crippen MR) is 98.4 cm³/mol. The Morgan fingerprint density at radius 2 is 1.80 bits per heavy atom. The van der Waals surface area contributed by atoms with E-state index in [2.05, 4.69) is 5.32 Å². The molecule has 2 rings (SSSR count). The molecular formula is C19H21NO4S. The van der Waals surface area contributed by atoms with Gasteiger partial charge in [0.1, 0.15) is 4.88 Å². The Kier molecular flexibility index (Phi) is 6.47. The van der Waals surface area contributed by atoms with Gasteiger partial charge in [-0.1, -0.05) is 13.8 Å². The molecule has 1 amide bonds. The molecule has 0 spiro atoms. The number of carbonyl (C=O) groups excluding carboxylic acids is 3. The van der Waals surface area contributed by atoms with Gasteiger partial charge in [0.05, 0.1) is 0 Å². The van der Waals surface area contributed by atoms with Gasteiger partial charge in [-0.2, -0.15) is 0 Å². The summed E-state index contributed by atoms with van der Waals surface area (Å²) in [5.41, 5.74) is 2.17.